The van der Waals surface area contributed by atoms with E-state index >= 15 is 0 Å². The smallest absolute Gasteiger partial charge is 0.00698 e. The first kappa shape index (κ1) is 13.4. The molecule has 0 radical (unpaired) electrons. The third-order valence-corrected chi connectivity index (χ3v) is 4.25. The second-order valence-electron chi connectivity index (χ2n) is 5.56. The molecule has 2 unspecified atom stereocenters. The van der Waals surface area contributed by atoms with Crippen LogP contribution in [0.4, 0.5) is 0 Å². The predicted octanol–water partition coefficient (Wildman–Crippen LogP) is 4.14. The van der Waals surface area contributed by atoms with Crippen LogP contribution in [-0.2, 0) is 6.42 Å². The van der Waals surface area contributed by atoms with E-state index in [1.807, 2.05) is 6.08 Å². The summed E-state index contributed by atoms with van der Waals surface area (Å²) in [5, 5.41) is 0. The molecule has 1 fully saturated rings. The zero-order valence-corrected chi connectivity index (χ0v) is 11.7. The van der Waals surface area contributed by atoms with Gasteiger partial charge in [-0.15, -0.1) is 0 Å². The number of hydrogen-bond acceptors (Lipinski definition) is 1. The molecular formula is C17H25N. The molecule has 1 heteroatoms. The first-order chi connectivity index (χ1) is 8.70. The standard InChI is InChI=1S/C17H25N/c1-4-16-8-10-17(11-9-16)12-13-18-14(2)6-5-7-15(18)3/h4,8-11,14-15H,1,5-7,12-13H2,2-3H3. The maximum Gasteiger partial charge on any atom is 0.00698 e. The van der Waals surface area contributed by atoms with E-state index in [-0.39, 0.29) is 0 Å². The summed E-state index contributed by atoms with van der Waals surface area (Å²) >= 11 is 0. The fraction of sp³-hybridized carbons (Fsp3) is 0.529. The summed E-state index contributed by atoms with van der Waals surface area (Å²) in [6.07, 6.45) is 7.18. The minimum atomic E-state index is 0.751. The summed E-state index contributed by atoms with van der Waals surface area (Å²) in [6.45, 7) is 9.72. The second-order valence-corrected chi connectivity index (χ2v) is 5.56. The summed E-state index contributed by atoms with van der Waals surface area (Å²) in [6, 6.07) is 10.3. The SMILES string of the molecule is C=Cc1ccc(CCN2C(C)CCCC2C)cc1. The van der Waals surface area contributed by atoms with Gasteiger partial charge in [0, 0.05) is 18.6 Å². The van der Waals surface area contributed by atoms with Crippen LogP contribution >= 0.6 is 0 Å². The van der Waals surface area contributed by atoms with Crippen molar-refractivity contribution < 1.29 is 0 Å². The van der Waals surface area contributed by atoms with E-state index in [0.717, 1.165) is 18.5 Å². The molecule has 1 aliphatic heterocycles. The van der Waals surface area contributed by atoms with Crippen molar-refractivity contribution in [3.8, 4) is 0 Å². The third kappa shape index (κ3) is 3.23. The lowest BCUT2D eigenvalue weighted by atomic mass is 9.97. The Balaban J connectivity index is 1.91. The molecule has 18 heavy (non-hydrogen) atoms. The van der Waals surface area contributed by atoms with E-state index in [2.05, 4.69) is 49.6 Å². The van der Waals surface area contributed by atoms with Gasteiger partial charge in [-0.2, -0.15) is 0 Å². The highest BCUT2D eigenvalue weighted by Crippen LogP contribution is 2.22. The molecule has 1 saturated heterocycles. The molecular weight excluding hydrogens is 218 g/mol. The summed E-state index contributed by atoms with van der Waals surface area (Å²) in [4.78, 5) is 2.67. The van der Waals surface area contributed by atoms with Crippen molar-refractivity contribution >= 4 is 6.08 Å². The summed E-state index contributed by atoms with van der Waals surface area (Å²) < 4.78 is 0. The van der Waals surface area contributed by atoms with Gasteiger partial charge >= 0.3 is 0 Å². The van der Waals surface area contributed by atoms with Crippen LogP contribution in [0.3, 0.4) is 0 Å². The van der Waals surface area contributed by atoms with Crippen molar-refractivity contribution in [1.82, 2.24) is 4.90 Å². The molecule has 0 amide bonds. The predicted molar refractivity (Wildman–Crippen MR) is 79.7 cm³/mol. The monoisotopic (exact) mass is 243 g/mol. The highest BCUT2D eigenvalue weighted by Gasteiger charge is 2.23. The first-order valence-electron chi connectivity index (χ1n) is 7.18. The number of piperidine rings is 1. The van der Waals surface area contributed by atoms with E-state index in [4.69, 9.17) is 0 Å². The second kappa shape index (κ2) is 6.19. The zero-order chi connectivity index (χ0) is 13.0. The molecule has 0 aliphatic carbocycles. The number of rotatable bonds is 4. The van der Waals surface area contributed by atoms with E-state index in [9.17, 15) is 0 Å². The molecule has 2 atom stereocenters. The molecule has 98 valence electrons. The molecule has 1 nitrogen and oxygen atoms in total. The lowest BCUT2D eigenvalue weighted by Crippen LogP contribution is -2.44. The fourth-order valence-electron chi connectivity index (χ4n) is 2.99. The Kier molecular flexibility index (Phi) is 4.60. The highest BCUT2D eigenvalue weighted by molar-refractivity contribution is 5.47. The maximum absolute atomic E-state index is 3.79. The number of benzene rings is 1. The Morgan fingerprint density at radius 3 is 2.33 bits per heavy atom. The highest BCUT2D eigenvalue weighted by atomic mass is 15.2. The first-order valence-corrected chi connectivity index (χ1v) is 7.18. The van der Waals surface area contributed by atoms with Crippen molar-refractivity contribution in [2.45, 2.75) is 51.6 Å². The molecule has 0 spiro atoms. The van der Waals surface area contributed by atoms with Crippen molar-refractivity contribution in [2.75, 3.05) is 6.54 Å². The molecule has 0 N–H and O–H groups in total. The average Bonchev–Trinajstić information content (AvgIpc) is 2.39. The van der Waals surface area contributed by atoms with Gasteiger partial charge in [-0.1, -0.05) is 43.3 Å². The van der Waals surface area contributed by atoms with Gasteiger partial charge in [-0.05, 0) is 44.2 Å². The number of hydrogen-bond donors (Lipinski definition) is 0. The van der Waals surface area contributed by atoms with Gasteiger partial charge in [0.05, 0.1) is 0 Å². The van der Waals surface area contributed by atoms with Crippen LogP contribution in [0.1, 0.15) is 44.2 Å². The lowest BCUT2D eigenvalue weighted by Gasteiger charge is -2.39. The molecule has 0 saturated carbocycles. The lowest BCUT2D eigenvalue weighted by molar-refractivity contribution is 0.105. The van der Waals surface area contributed by atoms with Gasteiger partial charge in [-0.3, -0.25) is 4.90 Å². The minimum absolute atomic E-state index is 0.751. The van der Waals surface area contributed by atoms with E-state index in [1.54, 1.807) is 0 Å². The molecule has 1 aromatic carbocycles. The van der Waals surface area contributed by atoms with Gasteiger partial charge in [0.15, 0.2) is 0 Å². The van der Waals surface area contributed by atoms with Crippen LogP contribution < -0.4 is 0 Å². The van der Waals surface area contributed by atoms with Gasteiger partial charge in [0.25, 0.3) is 0 Å². The molecule has 1 aromatic rings. The number of nitrogens with zero attached hydrogens (tertiary/aromatic N) is 1. The van der Waals surface area contributed by atoms with Crippen LogP contribution in [0, 0.1) is 0 Å². The largest absolute Gasteiger partial charge is 0.298 e. The minimum Gasteiger partial charge on any atom is -0.298 e. The zero-order valence-electron chi connectivity index (χ0n) is 11.7. The van der Waals surface area contributed by atoms with Crippen molar-refractivity contribution in [2.24, 2.45) is 0 Å². The maximum atomic E-state index is 3.79. The van der Waals surface area contributed by atoms with Gasteiger partial charge < -0.3 is 0 Å². The summed E-state index contributed by atoms with van der Waals surface area (Å²) in [7, 11) is 0. The van der Waals surface area contributed by atoms with Crippen LogP contribution in [-0.4, -0.2) is 23.5 Å². The Morgan fingerprint density at radius 2 is 1.78 bits per heavy atom. The van der Waals surface area contributed by atoms with E-state index in [1.165, 1.54) is 36.9 Å². The van der Waals surface area contributed by atoms with Gasteiger partial charge in [-0.25, -0.2) is 0 Å². The molecule has 0 bridgehead atoms. The van der Waals surface area contributed by atoms with E-state index in [0.29, 0.717) is 0 Å². The van der Waals surface area contributed by atoms with Crippen LogP contribution in [0.5, 0.6) is 0 Å². The quantitative estimate of drug-likeness (QED) is 0.768. The average molecular weight is 243 g/mol. The van der Waals surface area contributed by atoms with Crippen LogP contribution in [0.2, 0.25) is 0 Å². The third-order valence-electron chi connectivity index (χ3n) is 4.25. The van der Waals surface area contributed by atoms with Crippen molar-refractivity contribution in [3.63, 3.8) is 0 Å². The fourth-order valence-corrected chi connectivity index (χ4v) is 2.99. The molecule has 2 rings (SSSR count). The van der Waals surface area contributed by atoms with Gasteiger partial charge in [0.1, 0.15) is 0 Å². The molecule has 0 aromatic heterocycles. The summed E-state index contributed by atoms with van der Waals surface area (Å²) in [5.74, 6) is 0. The topological polar surface area (TPSA) is 3.24 Å². The normalized spacial score (nSPS) is 25.0. The Morgan fingerprint density at radius 1 is 1.17 bits per heavy atom. The Labute approximate surface area is 112 Å². The van der Waals surface area contributed by atoms with Crippen molar-refractivity contribution in [1.29, 1.82) is 0 Å². The molecule has 1 heterocycles. The summed E-state index contributed by atoms with van der Waals surface area (Å²) in [5.41, 5.74) is 2.64. The van der Waals surface area contributed by atoms with E-state index < -0.39 is 0 Å². The Hall–Kier alpha value is -1.08. The molecule has 1 aliphatic rings. The number of likely N-dealkylation sites (tertiary alicyclic amines) is 1. The van der Waals surface area contributed by atoms with Crippen LogP contribution in [0.15, 0.2) is 30.8 Å². The van der Waals surface area contributed by atoms with Crippen molar-refractivity contribution in [3.05, 3.63) is 42.0 Å². The Bertz CT molecular complexity index is 369. The van der Waals surface area contributed by atoms with Gasteiger partial charge in [0.2, 0.25) is 0 Å². The van der Waals surface area contributed by atoms with Crippen LogP contribution in [0.25, 0.3) is 6.08 Å².